The zero-order valence-corrected chi connectivity index (χ0v) is 9.91. The number of rotatable bonds is 7. The molecule has 0 aliphatic rings. The number of carbonyl (C=O) groups is 1. The van der Waals surface area contributed by atoms with E-state index in [4.69, 9.17) is 19.9 Å². The van der Waals surface area contributed by atoms with Gasteiger partial charge in [-0.2, -0.15) is 0 Å². The van der Waals surface area contributed by atoms with Crippen LogP contribution in [-0.4, -0.2) is 45.0 Å². The van der Waals surface area contributed by atoms with Crippen LogP contribution in [0.25, 0.3) is 0 Å². The van der Waals surface area contributed by atoms with Crippen LogP contribution >= 0.6 is 0 Å². The molecular formula is C10H21NO4. The van der Waals surface area contributed by atoms with E-state index in [0.717, 1.165) is 0 Å². The molecule has 0 saturated heterocycles. The van der Waals surface area contributed by atoms with Crippen LogP contribution in [0.1, 0.15) is 20.3 Å². The van der Waals surface area contributed by atoms with Gasteiger partial charge in [-0.25, -0.2) is 0 Å². The summed E-state index contributed by atoms with van der Waals surface area (Å²) < 4.78 is 14.9. The maximum Gasteiger partial charge on any atom is 0.325 e. The van der Waals surface area contributed by atoms with Gasteiger partial charge in [0.15, 0.2) is 0 Å². The predicted octanol–water partition coefficient (Wildman–Crippen LogP) is 0.318. The molecule has 0 bridgehead atoms. The lowest BCUT2D eigenvalue weighted by atomic mass is 10.1. The molecule has 90 valence electrons. The third-order valence-electron chi connectivity index (χ3n) is 2.15. The first-order valence-corrected chi connectivity index (χ1v) is 4.89. The Kier molecular flexibility index (Phi) is 6.47. The van der Waals surface area contributed by atoms with Crippen LogP contribution in [0.15, 0.2) is 0 Å². The fourth-order valence-electron chi connectivity index (χ4n) is 0.854. The first kappa shape index (κ1) is 14.3. The topological polar surface area (TPSA) is 70.8 Å². The molecule has 0 heterocycles. The first-order chi connectivity index (χ1) is 6.93. The monoisotopic (exact) mass is 219 g/mol. The van der Waals surface area contributed by atoms with Gasteiger partial charge in [0.05, 0.1) is 18.8 Å². The predicted molar refractivity (Wildman–Crippen MR) is 56.5 cm³/mol. The second-order valence-corrected chi connectivity index (χ2v) is 3.94. The molecule has 0 rings (SSSR count). The summed E-state index contributed by atoms with van der Waals surface area (Å²) in [5.41, 5.74) is 5.19. The average Bonchev–Trinajstić information content (AvgIpc) is 2.18. The molecule has 0 spiro atoms. The van der Waals surface area contributed by atoms with Crippen LogP contribution in [0.2, 0.25) is 0 Å². The minimum Gasteiger partial charge on any atom is -0.464 e. The summed E-state index contributed by atoms with van der Waals surface area (Å²) in [4.78, 5) is 11.2. The molecule has 0 saturated carbocycles. The summed E-state index contributed by atoms with van der Waals surface area (Å²) in [5, 5.41) is 0. The zero-order chi connectivity index (χ0) is 11.9. The molecule has 0 aromatic carbocycles. The molecule has 5 heteroatoms. The van der Waals surface area contributed by atoms with Gasteiger partial charge in [-0.3, -0.25) is 4.79 Å². The van der Waals surface area contributed by atoms with Crippen molar-refractivity contribution in [3.05, 3.63) is 0 Å². The Morgan fingerprint density at radius 3 is 2.47 bits per heavy atom. The molecule has 0 radical (unpaired) electrons. The smallest absolute Gasteiger partial charge is 0.325 e. The van der Waals surface area contributed by atoms with Gasteiger partial charge in [-0.15, -0.1) is 0 Å². The van der Waals surface area contributed by atoms with Crippen molar-refractivity contribution in [1.82, 2.24) is 0 Å². The van der Waals surface area contributed by atoms with Crippen molar-refractivity contribution in [1.29, 1.82) is 0 Å². The van der Waals surface area contributed by atoms with E-state index in [0.29, 0.717) is 13.0 Å². The Morgan fingerprint density at radius 1 is 1.40 bits per heavy atom. The van der Waals surface area contributed by atoms with Crippen LogP contribution in [0.4, 0.5) is 0 Å². The summed E-state index contributed by atoms with van der Waals surface area (Å²) in [5.74, 6) is -0.441. The van der Waals surface area contributed by atoms with Crippen LogP contribution in [0, 0.1) is 0 Å². The van der Waals surface area contributed by atoms with Crippen LogP contribution in [0.5, 0.6) is 0 Å². The van der Waals surface area contributed by atoms with E-state index in [9.17, 15) is 4.79 Å². The van der Waals surface area contributed by atoms with E-state index in [2.05, 4.69) is 0 Å². The van der Waals surface area contributed by atoms with E-state index in [1.807, 2.05) is 13.8 Å². The maximum atomic E-state index is 11.2. The van der Waals surface area contributed by atoms with Crippen molar-refractivity contribution < 1.29 is 19.0 Å². The van der Waals surface area contributed by atoms with Gasteiger partial charge in [0.1, 0.15) is 6.04 Å². The second-order valence-electron chi connectivity index (χ2n) is 3.94. The number of ether oxygens (including phenoxy) is 3. The Balaban J connectivity index is 3.72. The van der Waals surface area contributed by atoms with Crippen molar-refractivity contribution in [3.63, 3.8) is 0 Å². The minimum absolute atomic E-state index is 0.173. The number of nitrogens with two attached hydrogens (primary N) is 1. The number of esters is 1. The summed E-state index contributed by atoms with van der Waals surface area (Å²) in [6, 6.07) is -0.708. The molecule has 0 aromatic heterocycles. The minimum atomic E-state index is -0.708. The first-order valence-electron chi connectivity index (χ1n) is 4.89. The molecule has 1 unspecified atom stereocenters. The van der Waals surface area contributed by atoms with Crippen molar-refractivity contribution >= 4 is 5.97 Å². The number of hydrogen-bond donors (Lipinski definition) is 1. The number of carbonyl (C=O) groups excluding carboxylic acids is 1. The number of methoxy groups -OCH3 is 2. The highest BCUT2D eigenvalue weighted by Crippen LogP contribution is 2.12. The van der Waals surface area contributed by atoms with Gasteiger partial charge >= 0.3 is 5.97 Å². The largest absolute Gasteiger partial charge is 0.464 e. The van der Waals surface area contributed by atoms with Gasteiger partial charge < -0.3 is 19.9 Å². The highest BCUT2D eigenvalue weighted by atomic mass is 16.5. The molecule has 0 aliphatic heterocycles. The molecule has 1 atom stereocenters. The SMILES string of the molecule is COCC(N)C(=O)OCCC(C)(C)OC. The molecular weight excluding hydrogens is 198 g/mol. The Labute approximate surface area is 90.9 Å². The van der Waals surface area contributed by atoms with E-state index in [1.165, 1.54) is 7.11 Å². The van der Waals surface area contributed by atoms with E-state index in [-0.39, 0.29) is 12.2 Å². The van der Waals surface area contributed by atoms with Gasteiger partial charge in [0.25, 0.3) is 0 Å². The van der Waals surface area contributed by atoms with Crippen molar-refractivity contribution in [2.24, 2.45) is 5.73 Å². The number of hydrogen-bond acceptors (Lipinski definition) is 5. The lowest BCUT2D eigenvalue weighted by Gasteiger charge is -2.22. The lowest BCUT2D eigenvalue weighted by Crippen LogP contribution is -2.37. The average molecular weight is 219 g/mol. The lowest BCUT2D eigenvalue weighted by molar-refractivity contribution is -0.148. The molecule has 2 N–H and O–H groups in total. The van der Waals surface area contributed by atoms with Gasteiger partial charge in [0, 0.05) is 20.6 Å². The summed E-state index contributed by atoms with van der Waals surface area (Å²) >= 11 is 0. The zero-order valence-electron chi connectivity index (χ0n) is 9.91. The van der Waals surface area contributed by atoms with Crippen molar-refractivity contribution in [2.75, 3.05) is 27.4 Å². The molecule has 5 nitrogen and oxygen atoms in total. The Bertz CT molecular complexity index is 194. The molecule has 0 amide bonds. The Hall–Kier alpha value is -0.650. The third kappa shape index (κ3) is 6.43. The van der Waals surface area contributed by atoms with Gasteiger partial charge in [-0.1, -0.05) is 0 Å². The third-order valence-corrected chi connectivity index (χ3v) is 2.15. The second kappa shape index (κ2) is 6.76. The summed E-state index contributed by atoms with van der Waals surface area (Å²) in [6.07, 6.45) is 0.634. The highest BCUT2D eigenvalue weighted by molar-refractivity contribution is 5.75. The van der Waals surface area contributed by atoms with E-state index >= 15 is 0 Å². The molecule has 0 fully saturated rings. The molecule has 0 aliphatic carbocycles. The van der Waals surface area contributed by atoms with Crippen molar-refractivity contribution in [3.8, 4) is 0 Å². The fraction of sp³-hybridized carbons (Fsp3) is 0.900. The highest BCUT2D eigenvalue weighted by Gasteiger charge is 2.19. The van der Waals surface area contributed by atoms with Crippen LogP contribution in [0.3, 0.4) is 0 Å². The summed E-state index contributed by atoms with van der Waals surface area (Å²) in [7, 11) is 3.11. The van der Waals surface area contributed by atoms with E-state index < -0.39 is 12.0 Å². The quantitative estimate of drug-likeness (QED) is 0.624. The molecule has 0 aromatic rings. The van der Waals surface area contributed by atoms with Crippen molar-refractivity contribution in [2.45, 2.75) is 31.9 Å². The van der Waals surface area contributed by atoms with Crippen LogP contribution in [-0.2, 0) is 19.0 Å². The van der Waals surface area contributed by atoms with Gasteiger partial charge in [-0.05, 0) is 13.8 Å². The maximum absolute atomic E-state index is 11.2. The summed E-state index contributed by atoms with van der Waals surface area (Å²) in [6.45, 7) is 4.33. The standard InChI is InChI=1S/C10H21NO4/c1-10(2,14-4)5-6-15-9(12)8(11)7-13-3/h8H,5-7,11H2,1-4H3. The normalized spacial score (nSPS) is 13.7. The van der Waals surface area contributed by atoms with Crippen LogP contribution < -0.4 is 5.73 Å². The van der Waals surface area contributed by atoms with E-state index in [1.54, 1.807) is 7.11 Å². The Morgan fingerprint density at radius 2 is 2.00 bits per heavy atom. The fourth-order valence-corrected chi connectivity index (χ4v) is 0.854. The molecule has 15 heavy (non-hydrogen) atoms. The van der Waals surface area contributed by atoms with Gasteiger partial charge in [0.2, 0.25) is 0 Å².